The summed E-state index contributed by atoms with van der Waals surface area (Å²) in [6, 6.07) is 3.46. The largest absolute Gasteiger partial charge is 0.489 e. The summed E-state index contributed by atoms with van der Waals surface area (Å²) in [5.74, 6) is -2.46. The van der Waals surface area contributed by atoms with Gasteiger partial charge >= 0.3 is 12.1 Å². The Kier molecular flexibility index (Phi) is 4.99. The van der Waals surface area contributed by atoms with Crippen molar-refractivity contribution in [2.75, 3.05) is 29.9 Å². The lowest BCUT2D eigenvalue weighted by Crippen LogP contribution is -2.48. The van der Waals surface area contributed by atoms with Crippen LogP contribution in [0.5, 0.6) is 5.75 Å². The van der Waals surface area contributed by atoms with Crippen LogP contribution in [0.2, 0.25) is 0 Å². The molecule has 0 bridgehead atoms. The van der Waals surface area contributed by atoms with Gasteiger partial charge in [-0.25, -0.2) is 0 Å². The van der Waals surface area contributed by atoms with Crippen molar-refractivity contribution in [3.05, 3.63) is 18.2 Å². The zero-order valence-electron chi connectivity index (χ0n) is 14.5. The molecule has 2 aliphatic heterocycles. The first-order valence-corrected chi connectivity index (χ1v) is 8.42. The highest BCUT2D eigenvalue weighted by atomic mass is 19.4. The average Bonchev–Trinajstić information content (AvgIpc) is 3.09. The van der Waals surface area contributed by atoms with E-state index in [1.807, 2.05) is 0 Å². The Morgan fingerprint density at radius 2 is 1.96 bits per heavy atom. The van der Waals surface area contributed by atoms with Crippen molar-refractivity contribution in [2.45, 2.75) is 32.0 Å². The van der Waals surface area contributed by atoms with Gasteiger partial charge in [-0.1, -0.05) is 0 Å². The smallest absolute Gasteiger partial charge is 0.471 e. The van der Waals surface area contributed by atoms with Crippen molar-refractivity contribution >= 4 is 29.1 Å². The lowest BCUT2D eigenvalue weighted by Gasteiger charge is -2.29. The first-order valence-electron chi connectivity index (χ1n) is 8.42. The molecule has 1 N–H and O–H groups in total. The van der Waals surface area contributed by atoms with Crippen molar-refractivity contribution in [1.29, 1.82) is 0 Å². The Morgan fingerprint density at radius 3 is 2.63 bits per heavy atom. The number of carbonyl (C=O) groups is 3. The highest BCUT2D eigenvalue weighted by Gasteiger charge is 2.47. The molecular formula is C17H18F3N3O4. The van der Waals surface area contributed by atoms with Crippen LogP contribution in [0.3, 0.4) is 0 Å². The van der Waals surface area contributed by atoms with E-state index in [4.69, 9.17) is 4.74 Å². The second-order valence-electron chi connectivity index (χ2n) is 6.35. The molecule has 1 saturated heterocycles. The number of benzene rings is 1. The fourth-order valence-electron chi connectivity index (χ4n) is 3.30. The van der Waals surface area contributed by atoms with Crippen LogP contribution in [0.25, 0.3) is 0 Å². The standard InChI is InChI=1S/C17H18F3N3O4/c1-10(24)22-7-8-27-14-9-11(4-5-12(14)22)21-15(25)13-3-2-6-23(13)16(26)17(18,19)20/h4-5,9,13H,2-3,6-8H2,1H3,(H,21,25). The Labute approximate surface area is 153 Å². The van der Waals surface area contributed by atoms with Crippen molar-refractivity contribution in [1.82, 2.24) is 4.90 Å². The predicted octanol–water partition coefficient (Wildman–Crippen LogP) is 1.92. The highest BCUT2D eigenvalue weighted by Crippen LogP contribution is 2.34. The van der Waals surface area contributed by atoms with Gasteiger partial charge in [-0.05, 0) is 25.0 Å². The molecule has 7 nitrogen and oxygen atoms in total. The minimum absolute atomic E-state index is 0.114. The van der Waals surface area contributed by atoms with Crippen molar-refractivity contribution in [3.8, 4) is 5.75 Å². The van der Waals surface area contributed by atoms with Crippen molar-refractivity contribution in [3.63, 3.8) is 0 Å². The summed E-state index contributed by atoms with van der Waals surface area (Å²) < 4.78 is 43.5. The molecule has 0 aromatic heterocycles. The first kappa shape index (κ1) is 19.0. The Morgan fingerprint density at radius 1 is 1.22 bits per heavy atom. The number of halogens is 3. The number of carbonyl (C=O) groups excluding carboxylic acids is 3. The van der Waals surface area contributed by atoms with Gasteiger partial charge in [-0.15, -0.1) is 0 Å². The van der Waals surface area contributed by atoms with Crippen LogP contribution < -0.4 is 15.0 Å². The topological polar surface area (TPSA) is 79.0 Å². The fourth-order valence-corrected chi connectivity index (χ4v) is 3.30. The van der Waals surface area contributed by atoms with Crippen LogP contribution >= 0.6 is 0 Å². The molecule has 3 amide bonds. The maximum absolute atomic E-state index is 12.7. The van der Waals surface area contributed by atoms with Crippen LogP contribution in [-0.4, -0.2) is 54.5 Å². The van der Waals surface area contributed by atoms with Gasteiger partial charge in [0.05, 0.1) is 12.2 Å². The average molecular weight is 385 g/mol. The van der Waals surface area contributed by atoms with E-state index in [1.54, 1.807) is 6.07 Å². The molecular weight excluding hydrogens is 367 g/mol. The normalized spacial score (nSPS) is 19.3. The van der Waals surface area contributed by atoms with E-state index in [1.165, 1.54) is 24.0 Å². The van der Waals surface area contributed by atoms with E-state index in [0.29, 0.717) is 41.6 Å². The number of nitrogens with one attached hydrogen (secondary N) is 1. The number of rotatable bonds is 2. The maximum Gasteiger partial charge on any atom is 0.471 e. The van der Waals surface area contributed by atoms with E-state index in [2.05, 4.69) is 5.32 Å². The van der Waals surface area contributed by atoms with Crippen LogP contribution in [0.1, 0.15) is 19.8 Å². The second-order valence-corrected chi connectivity index (χ2v) is 6.35. The molecule has 3 rings (SSSR count). The van der Waals surface area contributed by atoms with Crippen molar-refractivity contribution in [2.24, 2.45) is 0 Å². The summed E-state index contributed by atoms with van der Waals surface area (Å²) in [5.41, 5.74) is 0.872. The van der Waals surface area contributed by atoms with Gasteiger partial charge in [0.2, 0.25) is 11.8 Å². The lowest BCUT2D eigenvalue weighted by molar-refractivity contribution is -0.186. The molecule has 1 atom stereocenters. The van der Waals surface area contributed by atoms with Gasteiger partial charge < -0.3 is 19.9 Å². The van der Waals surface area contributed by atoms with Gasteiger partial charge in [0.1, 0.15) is 18.4 Å². The Bertz CT molecular complexity index is 781. The quantitative estimate of drug-likeness (QED) is 0.844. The predicted molar refractivity (Wildman–Crippen MR) is 89.4 cm³/mol. The number of likely N-dealkylation sites (tertiary alicyclic amines) is 1. The van der Waals surface area contributed by atoms with E-state index in [-0.39, 0.29) is 18.9 Å². The molecule has 2 heterocycles. The fraction of sp³-hybridized carbons (Fsp3) is 0.471. The number of hydrogen-bond acceptors (Lipinski definition) is 4. The van der Waals surface area contributed by atoms with Gasteiger partial charge in [-0.2, -0.15) is 13.2 Å². The number of anilines is 2. The van der Waals surface area contributed by atoms with Crippen LogP contribution in [0.15, 0.2) is 18.2 Å². The van der Waals surface area contributed by atoms with Crippen LogP contribution in [0, 0.1) is 0 Å². The number of alkyl halides is 3. The van der Waals surface area contributed by atoms with Gasteiger partial charge in [-0.3, -0.25) is 14.4 Å². The van der Waals surface area contributed by atoms with E-state index in [0.717, 1.165) is 0 Å². The van der Waals surface area contributed by atoms with Gasteiger partial charge in [0.15, 0.2) is 0 Å². The molecule has 10 heteroatoms. The summed E-state index contributed by atoms with van der Waals surface area (Å²) in [5, 5.41) is 2.53. The summed E-state index contributed by atoms with van der Waals surface area (Å²) in [6.45, 7) is 2.01. The van der Waals surface area contributed by atoms with Crippen LogP contribution in [-0.2, 0) is 14.4 Å². The molecule has 1 aromatic rings. The molecule has 0 aliphatic carbocycles. The minimum Gasteiger partial charge on any atom is -0.489 e. The number of ether oxygens (including phenoxy) is 1. The minimum atomic E-state index is -5.02. The number of fused-ring (bicyclic) bond motifs is 1. The second kappa shape index (κ2) is 7.09. The van der Waals surface area contributed by atoms with Crippen LogP contribution in [0.4, 0.5) is 24.5 Å². The van der Waals surface area contributed by atoms with Crippen molar-refractivity contribution < 1.29 is 32.3 Å². The molecule has 1 unspecified atom stereocenters. The lowest BCUT2D eigenvalue weighted by atomic mass is 10.1. The highest BCUT2D eigenvalue weighted by molar-refractivity contribution is 5.99. The third-order valence-electron chi connectivity index (χ3n) is 4.53. The number of nitrogens with zero attached hydrogens (tertiary/aromatic N) is 2. The Hall–Kier alpha value is -2.78. The van der Waals surface area contributed by atoms with E-state index < -0.39 is 24.0 Å². The molecule has 1 fully saturated rings. The summed E-state index contributed by atoms with van der Waals surface area (Å²) in [6.07, 6.45) is -4.54. The summed E-state index contributed by atoms with van der Waals surface area (Å²) in [4.78, 5) is 37.6. The SMILES string of the molecule is CC(=O)N1CCOc2cc(NC(=O)C3CCCN3C(=O)C(F)(F)F)ccc21. The van der Waals surface area contributed by atoms with E-state index >= 15 is 0 Å². The van der Waals surface area contributed by atoms with Gasteiger partial charge in [0.25, 0.3) is 0 Å². The third-order valence-corrected chi connectivity index (χ3v) is 4.53. The summed E-state index contributed by atoms with van der Waals surface area (Å²) >= 11 is 0. The first-order chi connectivity index (χ1) is 12.7. The monoisotopic (exact) mass is 385 g/mol. The molecule has 0 spiro atoms. The molecule has 1 aromatic carbocycles. The van der Waals surface area contributed by atoms with Gasteiger partial charge in [0, 0.05) is 25.2 Å². The maximum atomic E-state index is 12.7. The van der Waals surface area contributed by atoms with E-state index in [9.17, 15) is 27.6 Å². The molecule has 0 saturated carbocycles. The zero-order chi connectivity index (χ0) is 19.8. The molecule has 2 aliphatic rings. The zero-order valence-corrected chi connectivity index (χ0v) is 14.5. The molecule has 146 valence electrons. The third kappa shape index (κ3) is 3.83. The summed E-state index contributed by atoms with van der Waals surface area (Å²) in [7, 11) is 0. The molecule has 27 heavy (non-hydrogen) atoms. The number of amides is 3. The number of hydrogen-bond donors (Lipinski definition) is 1. The molecule has 0 radical (unpaired) electrons. The Balaban J connectivity index is 1.75.